The molecule has 0 unspecified atom stereocenters. The number of carbonyl (C=O) groups is 2. The third kappa shape index (κ3) is 3.82. The Hall–Kier alpha value is -2.14. The first kappa shape index (κ1) is 21.4. The zero-order valence-corrected chi connectivity index (χ0v) is 20.3. The molecule has 33 heavy (non-hydrogen) atoms. The average Bonchev–Trinajstić information content (AvgIpc) is 3.16. The van der Waals surface area contributed by atoms with E-state index in [1.807, 2.05) is 30.3 Å². The molecule has 0 saturated heterocycles. The molecule has 174 valence electrons. The van der Waals surface area contributed by atoms with Gasteiger partial charge in [0, 0.05) is 16.5 Å². The van der Waals surface area contributed by atoms with Crippen molar-refractivity contribution >= 4 is 28.2 Å². The van der Waals surface area contributed by atoms with E-state index < -0.39 is 0 Å². The number of anilines is 1. The number of aryl methyl sites for hydroxylation is 1. The molecule has 1 atom stereocenters. The molecule has 4 bridgehead atoms. The van der Waals surface area contributed by atoms with Crippen LogP contribution in [-0.2, 0) is 12.8 Å². The van der Waals surface area contributed by atoms with Crippen LogP contribution in [0.2, 0.25) is 0 Å². The minimum absolute atomic E-state index is 0.0148. The van der Waals surface area contributed by atoms with E-state index in [9.17, 15) is 9.59 Å². The van der Waals surface area contributed by atoms with Gasteiger partial charge in [0.2, 0.25) is 0 Å². The summed E-state index contributed by atoms with van der Waals surface area (Å²) in [7, 11) is 0. The Bertz CT molecular complexity index is 1040. The first-order valence-electron chi connectivity index (χ1n) is 12.8. The lowest BCUT2D eigenvalue weighted by Gasteiger charge is -2.59. The van der Waals surface area contributed by atoms with E-state index in [-0.39, 0.29) is 23.3 Å². The highest BCUT2D eigenvalue weighted by Crippen LogP contribution is 2.61. The SMILES string of the molecule is C[C@@H](NC(=O)c1c(NC(=O)c2ccccc2)sc2c1CCCC2)C12CC3CC(CC(C3)C1)C2. The lowest BCUT2D eigenvalue weighted by atomic mass is 9.48. The van der Waals surface area contributed by atoms with Crippen LogP contribution in [0.4, 0.5) is 5.00 Å². The first-order valence-corrected chi connectivity index (χ1v) is 13.6. The topological polar surface area (TPSA) is 58.2 Å². The van der Waals surface area contributed by atoms with Crippen molar-refractivity contribution in [2.75, 3.05) is 5.32 Å². The lowest BCUT2D eigenvalue weighted by Crippen LogP contribution is -2.55. The summed E-state index contributed by atoms with van der Waals surface area (Å²) < 4.78 is 0. The third-order valence-corrected chi connectivity index (χ3v) is 10.2. The summed E-state index contributed by atoms with van der Waals surface area (Å²) in [5.41, 5.74) is 2.80. The number of nitrogens with one attached hydrogen (secondary N) is 2. The fourth-order valence-corrected chi connectivity index (χ4v) is 9.07. The summed E-state index contributed by atoms with van der Waals surface area (Å²) in [4.78, 5) is 28.0. The van der Waals surface area contributed by atoms with Gasteiger partial charge in [0.25, 0.3) is 11.8 Å². The first-order chi connectivity index (χ1) is 16.0. The van der Waals surface area contributed by atoms with Gasteiger partial charge in [-0.25, -0.2) is 0 Å². The van der Waals surface area contributed by atoms with Crippen LogP contribution in [0.15, 0.2) is 30.3 Å². The van der Waals surface area contributed by atoms with Crippen LogP contribution in [0.25, 0.3) is 0 Å². The molecule has 0 spiro atoms. The molecule has 4 fully saturated rings. The summed E-state index contributed by atoms with van der Waals surface area (Å²) in [5, 5.41) is 7.28. The minimum Gasteiger partial charge on any atom is -0.349 e. The Kier molecular flexibility index (Phi) is 5.36. The Labute approximate surface area is 200 Å². The second-order valence-electron chi connectivity index (χ2n) is 11.2. The van der Waals surface area contributed by atoms with Crippen LogP contribution in [-0.4, -0.2) is 17.9 Å². The highest BCUT2D eigenvalue weighted by molar-refractivity contribution is 7.17. The van der Waals surface area contributed by atoms with Crippen LogP contribution in [0.5, 0.6) is 0 Å². The van der Waals surface area contributed by atoms with Crippen molar-refractivity contribution in [2.24, 2.45) is 23.2 Å². The van der Waals surface area contributed by atoms with Gasteiger partial charge in [0.05, 0.1) is 5.56 Å². The lowest BCUT2D eigenvalue weighted by molar-refractivity contribution is -0.0688. The van der Waals surface area contributed by atoms with Gasteiger partial charge >= 0.3 is 0 Å². The molecule has 1 aromatic heterocycles. The number of hydrogen-bond acceptors (Lipinski definition) is 3. The van der Waals surface area contributed by atoms with Gasteiger partial charge in [-0.15, -0.1) is 11.3 Å². The zero-order valence-electron chi connectivity index (χ0n) is 19.5. The number of fused-ring (bicyclic) bond motifs is 1. The van der Waals surface area contributed by atoms with Crippen molar-refractivity contribution in [3.05, 3.63) is 51.9 Å². The molecule has 0 aliphatic heterocycles. The minimum atomic E-state index is -0.141. The fourth-order valence-electron chi connectivity index (χ4n) is 7.79. The maximum atomic E-state index is 13.8. The average molecular weight is 463 g/mol. The molecule has 0 radical (unpaired) electrons. The fraction of sp³-hybridized carbons (Fsp3) is 0.571. The Balaban J connectivity index is 1.26. The van der Waals surface area contributed by atoms with Gasteiger partial charge in [-0.05, 0) is 112 Å². The van der Waals surface area contributed by atoms with Crippen LogP contribution >= 0.6 is 11.3 Å². The zero-order chi connectivity index (χ0) is 22.6. The van der Waals surface area contributed by atoms with Crippen molar-refractivity contribution in [3.63, 3.8) is 0 Å². The largest absolute Gasteiger partial charge is 0.349 e. The maximum Gasteiger partial charge on any atom is 0.256 e. The molecule has 2 N–H and O–H groups in total. The van der Waals surface area contributed by atoms with Crippen LogP contribution < -0.4 is 10.6 Å². The van der Waals surface area contributed by atoms with Crippen LogP contribution in [0.1, 0.15) is 89.4 Å². The highest BCUT2D eigenvalue weighted by atomic mass is 32.1. The predicted molar refractivity (Wildman–Crippen MR) is 133 cm³/mol. The quantitative estimate of drug-likeness (QED) is 0.555. The van der Waals surface area contributed by atoms with Gasteiger partial charge in [0.15, 0.2) is 0 Å². The van der Waals surface area contributed by atoms with Gasteiger partial charge in [-0.1, -0.05) is 18.2 Å². The Morgan fingerprint density at radius 3 is 2.24 bits per heavy atom. The number of thiophene rings is 1. The monoisotopic (exact) mass is 462 g/mol. The summed E-state index contributed by atoms with van der Waals surface area (Å²) in [6.45, 7) is 2.24. The molecule has 5 aliphatic carbocycles. The summed E-state index contributed by atoms with van der Waals surface area (Å²) >= 11 is 1.61. The van der Waals surface area contributed by atoms with E-state index in [0.29, 0.717) is 5.56 Å². The molecule has 1 aromatic carbocycles. The molecule has 4 nitrogen and oxygen atoms in total. The third-order valence-electron chi connectivity index (χ3n) is 9.01. The number of amides is 2. The van der Waals surface area contributed by atoms with Crippen LogP contribution in [0, 0.1) is 23.2 Å². The van der Waals surface area contributed by atoms with Gasteiger partial charge in [-0.2, -0.15) is 0 Å². The summed E-state index contributed by atoms with van der Waals surface area (Å²) in [6, 6.07) is 9.46. The second kappa shape index (κ2) is 8.26. The van der Waals surface area contributed by atoms with Crippen LogP contribution in [0.3, 0.4) is 0 Å². The molecule has 1 heterocycles. The predicted octanol–water partition coefficient (Wildman–Crippen LogP) is 6.21. The van der Waals surface area contributed by atoms with E-state index in [2.05, 4.69) is 17.6 Å². The van der Waals surface area contributed by atoms with E-state index >= 15 is 0 Å². The van der Waals surface area contributed by atoms with Crippen molar-refractivity contribution in [1.29, 1.82) is 0 Å². The van der Waals surface area contributed by atoms with E-state index in [0.717, 1.165) is 54.0 Å². The Morgan fingerprint density at radius 2 is 1.58 bits per heavy atom. The van der Waals surface area contributed by atoms with Crippen molar-refractivity contribution in [3.8, 4) is 0 Å². The standard InChI is InChI=1S/C28H34N2O2S/c1-17(28-14-18-11-19(15-28)13-20(12-18)16-28)29-26(32)24-22-9-5-6-10-23(22)33-27(24)30-25(31)21-7-3-2-4-8-21/h2-4,7-8,17-20H,5-6,9-16H2,1H3,(H,29,32)(H,30,31)/t17-,18?,19?,20?,28?/m1/s1. The molecule has 2 aromatic rings. The maximum absolute atomic E-state index is 13.8. The molecule has 7 rings (SSSR count). The molecular weight excluding hydrogens is 428 g/mol. The number of carbonyl (C=O) groups excluding carboxylic acids is 2. The van der Waals surface area contributed by atoms with Crippen molar-refractivity contribution in [2.45, 2.75) is 77.2 Å². The molecule has 2 amide bonds. The number of benzene rings is 1. The highest BCUT2D eigenvalue weighted by Gasteiger charge is 2.53. The molecule has 4 saturated carbocycles. The van der Waals surface area contributed by atoms with E-state index in [4.69, 9.17) is 0 Å². The molecule has 5 heteroatoms. The second-order valence-corrected chi connectivity index (χ2v) is 12.3. The van der Waals surface area contributed by atoms with E-state index in [1.165, 1.54) is 49.0 Å². The number of hydrogen-bond donors (Lipinski definition) is 2. The summed E-state index contributed by atoms with van der Waals surface area (Å²) in [5.74, 6) is 2.47. The molecular formula is C28H34N2O2S. The molecule has 5 aliphatic rings. The van der Waals surface area contributed by atoms with Gasteiger partial charge in [-0.3, -0.25) is 9.59 Å². The van der Waals surface area contributed by atoms with Gasteiger partial charge in [0.1, 0.15) is 5.00 Å². The Morgan fingerprint density at radius 1 is 0.939 bits per heavy atom. The van der Waals surface area contributed by atoms with Gasteiger partial charge < -0.3 is 10.6 Å². The van der Waals surface area contributed by atoms with Crippen molar-refractivity contribution in [1.82, 2.24) is 5.32 Å². The normalized spacial score (nSPS) is 30.5. The smallest absolute Gasteiger partial charge is 0.256 e. The summed E-state index contributed by atoms with van der Waals surface area (Å²) in [6.07, 6.45) is 12.3. The number of rotatable bonds is 5. The van der Waals surface area contributed by atoms with Crippen molar-refractivity contribution < 1.29 is 9.59 Å². The van der Waals surface area contributed by atoms with E-state index in [1.54, 1.807) is 11.3 Å².